The van der Waals surface area contributed by atoms with Gasteiger partial charge in [-0.15, -0.1) is 0 Å². The van der Waals surface area contributed by atoms with Crippen molar-refractivity contribution in [2.45, 2.75) is 40.2 Å². The number of benzene rings is 1. The summed E-state index contributed by atoms with van der Waals surface area (Å²) in [5, 5.41) is 2.97. The van der Waals surface area contributed by atoms with Gasteiger partial charge in [0.15, 0.2) is 0 Å². The van der Waals surface area contributed by atoms with E-state index in [1.165, 1.54) is 5.56 Å². The van der Waals surface area contributed by atoms with Crippen LogP contribution in [0.2, 0.25) is 0 Å². The van der Waals surface area contributed by atoms with Gasteiger partial charge in [-0.1, -0.05) is 17.7 Å². The van der Waals surface area contributed by atoms with Crippen LogP contribution in [0.5, 0.6) is 0 Å². The Morgan fingerprint density at radius 2 is 1.76 bits per heavy atom. The molecular weight excluding hydrogens is 212 g/mol. The van der Waals surface area contributed by atoms with E-state index in [4.69, 9.17) is 0 Å². The second kappa shape index (κ2) is 5.21. The van der Waals surface area contributed by atoms with Crippen LogP contribution in [-0.2, 0) is 0 Å². The third kappa shape index (κ3) is 4.10. The number of aryl methyl sites for hydroxylation is 1. The normalized spacial score (nSPS) is 11.1. The molecule has 1 N–H and O–H groups in total. The molecule has 1 aromatic rings. The molecular formula is C14H22N2O. The van der Waals surface area contributed by atoms with Crippen molar-refractivity contribution in [3.63, 3.8) is 0 Å². The molecule has 0 heterocycles. The molecule has 0 aliphatic rings. The number of nitrogens with zero attached hydrogens (tertiary/aromatic N) is 1. The number of urea groups is 1. The van der Waals surface area contributed by atoms with E-state index in [2.05, 4.69) is 5.32 Å². The van der Waals surface area contributed by atoms with E-state index in [9.17, 15) is 4.79 Å². The summed E-state index contributed by atoms with van der Waals surface area (Å²) >= 11 is 0. The minimum Gasteiger partial charge on any atom is -0.333 e. The van der Waals surface area contributed by atoms with Crippen molar-refractivity contribution >= 4 is 11.7 Å². The van der Waals surface area contributed by atoms with E-state index in [0.717, 1.165) is 5.69 Å². The van der Waals surface area contributed by atoms with Crippen LogP contribution < -0.4 is 10.2 Å². The maximum Gasteiger partial charge on any atom is 0.322 e. The Morgan fingerprint density at radius 1 is 1.24 bits per heavy atom. The Hall–Kier alpha value is -1.51. The van der Waals surface area contributed by atoms with Gasteiger partial charge in [-0.05, 0) is 46.8 Å². The molecule has 0 unspecified atom stereocenters. The van der Waals surface area contributed by atoms with Crippen LogP contribution in [0.25, 0.3) is 0 Å². The van der Waals surface area contributed by atoms with Crippen molar-refractivity contribution < 1.29 is 4.79 Å². The van der Waals surface area contributed by atoms with E-state index < -0.39 is 0 Å². The summed E-state index contributed by atoms with van der Waals surface area (Å²) in [6, 6.07) is 7.93. The molecule has 3 nitrogen and oxygen atoms in total. The predicted molar refractivity (Wildman–Crippen MR) is 72.5 cm³/mol. The standard InChI is InChI=1S/C14H22N2O/c1-6-16(13(17)15-14(3,4)5)12-9-7-11(2)8-10-12/h7-10H,6H2,1-5H3,(H,15,17). The maximum absolute atomic E-state index is 12.1. The van der Waals surface area contributed by atoms with Crippen LogP contribution in [0.3, 0.4) is 0 Å². The summed E-state index contributed by atoms with van der Waals surface area (Å²) in [6.07, 6.45) is 0. The Balaban J connectivity index is 2.84. The molecule has 2 amide bonds. The van der Waals surface area contributed by atoms with Crippen LogP contribution in [0.15, 0.2) is 24.3 Å². The fourth-order valence-corrected chi connectivity index (χ4v) is 1.56. The molecule has 0 atom stereocenters. The quantitative estimate of drug-likeness (QED) is 0.836. The number of hydrogen-bond acceptors (Lipinski definition) is 1. The summed E-state index contributed by atoms with van der Waals surface area (Å²) < 4.78 is 0. The summed E-state index contributed by atoms with van der Waals surface area (Å²) in [5.74, 6) is 0. The number of amides is 2. The molecule has 1 rings (SSSR count). The second-order valence-electron chi connectivity index (χ2n) is 5.26. The third-order valence-corrected chi connectivity index (χ3v) is 2.39. The van der Waals surface area contributed by atoms with Gasteiger partial charge >= 0.3 is 6.03 Å². The van der Waals surface area contributed by atoms with E-state index in [0.29, 0.717) is 6.54 Å². The van der Waals surface area contributed by atoms with Crippen LogP contribution in [0.4, 0.5) is 10.5 Å². The fourth-order valence-electron chi connectivity index (χ4n) is 1.56. The van der Waals surface area contributed by atoms with Crippen molar-refractivity contribution in [3.8, 4) is 0 Å². The zero-order valence-electron chi connectivity index (χ0n) is 11.4. The summed E-state index contributed by atoms with van der Waals surface area (Å²) in [7, 11) is 0. The average Bonchev–Trinajstić information content (AvgIpc) is 2.19. The number of carbonyl (C=O) groups is 1. The second-order valence-corrected chi connectivity index (χ2v) is 5.26. The molecule has 0 spiro atoms. The van der Waals surface area contributed by atoms with E-state index in [-0.39, 0.29) is 11.6 Å². The van der Waals surface area contributed by atoms with Crippen LogP contribution in [-0.4, -0.2) is 18.1 Å². The highest BCUT2D eigenvalue weighted by Crippen LogP contribution is 2.15. The number of anilines is 1. The first kappa shape index (κ1) is 13.6. The van der Waals surface area contributed by atoms with Gasteiger partial charge in [-0.2, -0.15) is 0 Å². The van der Waals surface area contributed by atoms with Gasteiger partial charge in [0.2, 0.25) is 0 Å². The summed E-state index contributed by atoms with van der Waals surface area (Å²) in [5.41, 5.74) is 1.91. The third-order valence-electron chi connectivity index (χ3n) is 2.39. The van der Waals surface area contributed by atoms with Gasteiger partial charge in [-0.3, -0.25) is 4.90 Å². The molecule has 0 saturated carbocycles. The Kier molecular flexibility index (Phi) is 4.16. The van der Waals surface area contributed by atoms with Gasteiger partial charge in [0.05, 0.1) is 0 Å². The first-order valence-corrected chi connectivity index (χ1v) is 6.00. The minimum atomic E-state index is -0.213. The van der Waals surface area contributed by atoms with E-state index in [1.54, 1.807) is 4.90 Å². The lowest BCUT2D eigenvalue weighted by Crippen LogP contribution is -2.48. The predicted octanol–water partition coefficient (Wildman–Crippen LogP) is 3.33. The van der Waals surface area contributed by atoms with Crippen molar-refractivity contribution in [1.82, 2.24) is 5.32 Å². The molecule has 17 heavy (non-hydrogen) atoms. The van der Waals surface area contributed by atoms with Crippen LogP contribution in [0, 0.1) is 6.92 Å². The van der Waals surface area contributed by atoms with Crippen molar-refractivity contribution in [2.75, 3.05) is 11.4 Å². The Bertz CT molecular complexity index is 376. The Morgan fingerprint density at radius 3 is 2.18 bits per heavy atom. The molecule has 94 valence electrons. The number of rotatable bonds is 2. The highest BCUT2D eigenvalue weighted by Gasteiger charge is 2.19. The molecule has 0 aromatic heterocycles. The monoisotopic (exact) mass is 234 g/mol. The molecule has 3 heteroatoms. The smallest absolute Gasteiger partial charge is 0.322 e. The highest BCUT2D eigenvalue weighted by molar-refractivity contribution is 5.92. The first-order valence-electron chi connectivity index (χ1n) is 6.00. The van der Waals surface area contributed by atoms with Crippen molar-refractivity contribution in [1.29, 1.82) is 0 Å². The highest BCUT2D eigenvalue weighted by atomic mass is 16.2. The van der Waals surface area contributed by atoms with Gasteiger partial charge in [0.25, 0.3) is 0 Å². The summed E-state index contributed by atoms with van der Waals surface area (Å²) in [6.45, 7) is 10.6. The largest absolute Gasteiger partial charge is 0.333 e. The van der Waals surface area contributed by atoms with Gasteiger partial charge < -0.3 is 5.32 Å². The lowest BCUT2D eigenvalue weighted by molar-refractivity contribution is 0.238. The van der Waals surface area contributed by atoms with Gasteiger partial charge in [0, 0.05) is 17.8 Å². The molecule has 0 aliphatic heterocycles. The lowest BCUT2D eigenvalue weighted by atomic mass is 10.1. The van der Waals surface area contributed by atoms with Crippen LogP contribution in [0.1, 0.15) is 33.3 Å². The molecule has 0 radical (unpaired) electrons. The molecule has 0 saturated heterocycles. The van der Waals surface area contributed by atoms with E-state index in [1.807, 2.05) is 58.9 Å². The molecule has 0 fully saturated rings. The summed E-state index contributed by atoms with van der Waals surface area (Å²) in [4.78, 5) is 13.8. The van der Waals surface area contributed by atoms with Gasteiger partial charge in [0.1, 0.15) is 0 Å². The zero-order valence-corrected chi connectivity index (χ0v) is 11.4. The SMILES string of the molecule is CCN(C(=O)NC(C)(C)C)c1ccc(C)cc1. The topological polar surface area (TPSA) is 32.3 Å². The average molecular weight is 234 g/mol. The minimum absolute atomic E-state index is 0.0520. The van der Waals surface area contributed by atoms with Gasteiger partial charge in [-0.25, -0.2) is 4.79 Å². The fraction of sp³-hybridized carbons (Fsp3) is 0.500. The van der Waals surface area contributed by atoms with Crippen molar-refractivity contribution in [3.05, 3.63) is 29.8 Å². The van der Waals surface area contributed by atoms with E-state index >= 15 is 0 Å². The van der Waals surface area contributed by atoms with Crippen molar-refractivity contribution in [2.24, 2.45) is 0 Å². The number of hydrogen-bond donors (Lipinski definition) is 1. The number of carbonyl (C=O) groups excluding carboxylic acids is 1. The molecule has 0 aliphatic carbocycles. The number of nitrogens with one attached hydrogen (secondary N) is 1. The maximum atomic E-state index is 12.1. The molecule has 1 aromatic carbocycles. The molecule has 0 bridgehead atoms. The Labute approximate surface area is 104 Å². The lowest BCUT2D eigenvalue weighted by Gasteiger charge is -2.27. The van der Waals surface area contributed by atoms with Crippen LogP contribution >= 0.6 is 0 Å². The first-order chi connectivity index (χ1) is 7.83. The zero-order chi connectivity index (χ0) is 13.1.